The Labute approximate surface area is 254 Å². The second-order valence-electron chi connectivity index (χ2n) is 12.0. The third-order valence-electron chi connectivity index (χ3n) is 7.42. The first-order chi connectivity index (χ1) is 20.6. The van der Waals surface area contributed by atoms with Crippen molar-refractivity contribution in [2.75, 3.05) is 13.2 Å². The maximum Gasteiger partial charge on any atom is 0.407 e. The number of alkyl carbamates (subject to hydrolysis) is 1. The lowest BCUT2D eigenvalue weighted by Crippen LogP contribution is -2.55. The van der Waals surface area contributed by atoms with Gasteiger partial charge in [0.1, 0.15) is 12.6 Å². The molecule has 0 bridgehead atoms. The highest BCUT2D eigenvalue weighted by molar-refractivity contribution is 5.90. The van der Waals surface area contributed by atoms with E-state index < -0.39 is 24.1 Å². The number of unbranched alkanes of at least 4 members (excludes halogenated alkanes) is 2. The van der Waals surface area contributed by atoms with Gasteiger partial charge in [-0.25, -0.2) is 4.79 Å². The summed E-state index contributed by atoms with van der Waals surface area (Å²) >= 11 is 0. The molecule has 0 unspecified atom stereocenters. The topological polar surface area (TPSA) is 152 Å². The van der Waals surface area contributed by atoms with Crippen molar-refractivity contribution < 1.29 is 23.9 Å². The predicted octanol–water partition coefficient (Wildman–Crippen LogP) is 4.14. The van der Waals surface area contributed by atoms with E-state index in [9.17, 15) is 19.2 Å². The monoisotopic (exact) mass is 593 g/mol. The molecule has 4 amide bonds. The van der Waals surface area contributed by atoms with Gasteiger partial charge in [-0.2, -0.15) is 0 Å². The summed E-state index contributed by atoms with van der Waals surface area (Å²) in [6, 6.07) is 14.9. The van der Waals surface area contributed by atoms with Crippen molar-refractivity contribution in [1.82, 2.24) is 21.5 Å². The normalized spacial score (nSPS) is 13.6. The van der Waals surface area contributed by atoms with Crippen molar-refractivity contribution in [3.8, 4) is 11.1 Å². The quantitative estimate of drug-likeness (QED) is 0.155. The highest BCUT2D eigenvalue weighted by atomic mass is 16.5. The zero-order valence-corrected chi connectivity index (χ0v) is 25.8. The van der Waals surface area contributed by atoms with Crippen LogP contribution in [-0.4, -0.2) is 49.1 Å². The maximum atomic E-state index is 12.7. The fraction of sp³-hybridized carbons (Fsp3) is 0.515. The Morgan fingerprint density at radius 1 is 0.791 bits per heavy atom. The molecule has 0 aliphatic heterocycles. The van der Waals surface area contributed by atoms with Gasteiger partial charge in [-0.3, -0.25) is 25.2 Å². The number of nitrogens with two attached hydrogens (primary N) is 1. The average molecular weight is 594 g/mol. The minimum atomic E-state index is -0.796. The smallest absolute Gasteiger partial charge is 0.407 e. The van der Waals surface area contributed by atoms with Gasteiger partial charge in [0.15, 0.2) is 0 Å². The Morgan fingerprint density at radius 2 is 1.40 bits per heavy atom. The molecule has 1 aliphatic rings. The summed E-state index contributed by atoms with van der Waals surface area (Å²) in [5.74, 6) is -0.788. The van der Waals surface area contributed by atoms with E-state index in [1.165, 1.54) is 11.1 Å². The molecule has 43 heavy (non-hydrogen) atoms. The highest BCUT2D eigenvalue weighted by Gasteiger charge is 2.29. The summed E-state index contributed by atoms with van der Waals surface area (Å²) in [6.07, 6.45) is 2.66. The number of nitrogens with one attached hydrogen (secondary N) is 4. The van der Waals surface area contributed by atoms with Gasteiger partial charge in [0.05, 0.1) is 6.04 Å². The van der Waals surface area contributed by atoms with E-state index in [4.69, 9.17) is 10.5 Å². The second kappa shape index (κ2) is 16.6. The number of hydrogen-bond acceptors (Lipinski definition) is 6. The molecule has 2 aromatic rings. The van der Waals surface area contributed by atoms with Gasteiger partial charge >= 0.3 is 6.09 Å². The Kier molecular flexibility index (Phi) is 13.0. The van der Waals surface area contributed by atoms with Crippen molar-refractivity contribution >= 4 is 23.8 Å². The van der Waals surface area contributed by atoms with Crippen LogP contribution in [0.2, 0.25) is 0 Å². The average Bonchev–Trinajstić information content (AvgIpc) is 3.29. The molecule has 0 saturated carbocycles. The van der Waals surface area contributed by atoms with E-state index in [-0.39, 0.29) is 42.6 Å². The van der Waals surface area contributed by atoms with Crippen molar-refractivity contribution in [2.45, 2.75) is 84.2 Å². The van der Waals surface area contributed by atoms with Gasteiger partial charge < -0.3 is 21.1 Å². The summed E-state index contributed by atoms with van der Waals surface area (Å²) in [5.41, 5.74) is 15.5. The number of carbonyl (C=O) groups excluding carboxylic acids is 4. The van der Waals surface area contributed by atoms with Gasteiger partial charge in [0, 0.05) is 18.9 Å². The zero-order chi connectivity index (χ0) is 31.4. The van der Waals surface area contributed by atoms with Gasteiger partial charge in [-0.05, 0) is 59.8 Å². The molecular formula is C33H47N5O5. The summed E-state index contributed by atoms with van der Waals surface area (Å²) in [4.78, 5) is 49.7. The number of ether oxygens (including phenoxy) is 1. The van der Waals surface area contributed by atoms with Crippen molar-refractivity contribution in [2.24, 2.45) is 17.6 Å². The lowest BCUT2D eigenvalue weighted by atomic mass is 9.98. The minimum absolute atomic E-state index is 0.0107. The van der Waals surface area contributed by atoms with Gasteiger partial charge in [0.2, 0.25) is 11.8 Å². The Hall–Kier alpha value is -3.92. The predicted molar refractivity (Wildman–Crippen MR) is 167 cm³/mol. The molecule has 0 fully saturated rings. The van der Waals surface area contributed by atoms with Gasteiger partial charge in [0.25, 0.3) is 5.91 Å². The highest BCUT2D eigenvalue weighted by Crippen LogP contribution is 2.44. The minimum Gasteiger partial charge on any atom is -0.449 e. The van der Waals surface area contributed by atoms with E-state index in [1.807, 2.05) is 52.0 Å². The number of carbonyl (C=O) groups is 4. The van der Waals surface area contributed by atoms with E-state index in [2.05, 4.69) is 45.8 Å². The van der Waals surface area contributed by atoms with Crippen LogP contribution in [0.25, 0.3) is 11.1 Å². The first-order valence-electron chi connectivity index (χ1n) is 15.3. The van der Waals surface area contributed by atoms with Crippen molar-refractivity contribution in [1.29, 1.82) is 0 Å². The molecule has 0 radical (unpaired) electrons. The van der Waals surface area contributed by atoms with Crippen LogP contribution in [0.4, 0.5) is 4.79 Å². The van der Waals surface area contributed by atoms with E-state index in [0.29, 0.717) is 38.6 Å². The summed E-state index contributed by atoms with van der Waals surface area (Å²) in [6.45, 7) is 8.54. The van der Waals surface area contributed by atoms with Gasteiger partial charge in [-0.1, -0.05) is 82.6 Å². The first kappa shape index (κ1) is 33.6. The molecule has 6 N–H and O–H groups in total. The maximum absolute atomic E-state index is 12.7. The molecule has 0 aromatic heterocycles. The van der Waals surface area contributed by atoms with E-state index in [0.717, 1.165) is 11.1 Å². The molecular weight excluding hydrogens is 546 g/mol. The third kappa shape index (κ3) is 10.4. The summed E-state index contributed by atoms with van der Waals surface area (Å²) in [7, 11) is 0. The molecule has 10 nitrogen and oxygen atoms in total. The lowest BCUT2D eigenvalue weighted by Gasteiger charge is -2.22. The summed E-state index contributed by atoms with van der Waals surface area (Å²) < 4.78 is 5.55. The number of amides is 4. The summed E-state index contributed by atoms with van der Waals surface area (Å²) in [5, 5.41) is 5.50. The van der Waals surface area contributed by atoms with Crippen LogP contribution < -0.4 is 27.2 Å². The fourth-order valence-electron chi connectivity index (χ4n) is 5.30. The molecule has 2 aromatic carbocycles. The van der Waals surface area contributed by atoms with Crippen molar-refractivity contribution in [3.05, 3.63) is 59.7 Å². The number of hydrazine groups is 1. The van der Waals surface area contributed by atoms with Crippen LogP contribution in [-0.2, 0) is 19.1 Å². The molecule has 3 rings (SSSR count). The van der Waals surface area contributed by atoms with Crippen LogP contribution in [0.3, 0.4) is 0 Å². The first-order valence-corrected chi connectivity index (χ1v) is 15.3. The molecule has 10 heteroatoms. The van der Waals surface area contributed by atoms with Crippen LogP contribution in [0, 0.1) is 11.8 Å². The van der Waals surface area contributed by atoms with E-state index >= 15 is 0 Å². The number of hydrogen-bond donors (Lipinski definition) is 5. The SMILES string of the molecule is CC(C)C[C@@H](N)C(=O)N[C@@H](CC(C)C)C(=O)NNC(=O)CCCCCNC(=O)OCC1c2ccccc2-c2ccccc21. The Morgan fingerprint density at radius 3 is 2.00 bits per heavy atom. The van der Waals surface area contributed by atoms with Crippen LogP contribution in [0.5, 0.6) is 0 Å². The van der Waals surface area contributed by atoms with Crippen LogP contribution >= 0.6 is 0 Å². The van der Waals surface area contributed by atoms with Crippen LogP contribution in [0.1, 0.15) is 83.3 Å². The fourth-order valence-corrected chi connectivity index (χ4v) is 5.30. The van der Waals surface area contributed by atoms with Crippen LogP contribution in [0.15, 0.2) is 48.5 Å². The van der Waals surface area contributed by atoms with Crippen molar-refractivity contribution in [3.63, 3.8) is 0 Å². The standard InChI is InChI=1S/C33H47N5O5/c1-21(2)18-28(34)31(40)36-29(19-22(3)4)32(41)38-37-30(39)16-6-5-11-17-35-33(42)43-20-27-25-14-9-7-12-23(25)24-13-8-10-15-26(24)27/h7-10,12-15,21-22,27-29H,5-6,11,16-20,34H2,1-4H3,(H,35,42)(H,36,40)(H,37,39)(H,38,41)/t28-,29+/m1/s1. The second-order valence-corrected chi connectivity index (χ2v) is 12.0. The molecule has 234 valence electrons. The molecule has 2 atom stereocenters. The largest absolute Gasteiger partial charge is 0.449 e. The Balaban J connectivity index is 1.30. The number of fused-ring (bicyclic) bond motifs is 3. The number of benzene rings is 2. The van der Waals surface area contributed by atoms with E-state index in [1.54, 1.807) is 0 Å². The Bertz CT molecular complexity index is 1200. The number of rotatable bonds is 15. The molecule has 0 heterocycles. The lowest BCUT2D eigenvalue weighted by molar-refractivity contribution is -0.133. The zero-order valence-electron chi connectivity index (χ0n) is 25.8. The third-order valence-corrected chi connectivity index (χ3v) is 7.42. The molecule has 0 saturated heterocycles. The molecule has 0 spiro atoms. The van der Waals surface area contributed by atoms with Gasteiger partial charge in [-0.15, -0.1) is 0 Å². The molecule has 1 aliphatic carbocycles.